The average molecular weight is 356 g/mol. The van der Waals surface area contributed by atoms with Gasteiger partial charge in [0.2, 0.25) is 5.91 Å². The lowest BCUT2D eigenvalue weighted by atomic mass is 10.1. The highest BCUT2D eigenvalue weighted by atomic mass is 32.2. The molecule has 0 aliphatic carbocycles. The zero-order chi connectivity index (χ0) is 18.4. The van der Waals surface area contributed by atoms with Crippen LogP contribution in [-0.2, 0) is 11.3 Å². The van der Waals surface area contributed by atoms with Crippen LogP contribution in [0.1, 0.15) is 28.4 Å². The minimum Gasteiger partial charge on any atom is -0.341 e. The highest BCUT2D eigenvalue weighted by Crippen LogP contribution is 2.23. The Morgan fingerprint density at radius 3 is 2.44 bits per heavy atom. The third-order valence-corrected chi connectivity index (χ3v) is 4.65. The van der Waals surface area contributed by atoms with Crippen LogP contribution in [-0.4, -0.2) is 29.4 Å². The molecule has 0 aliphatic heterocycles. The maximum atomic E-state index is 14.0. The number of carbonyl (C=O) groups excluding carboxylic acids is 2. The number of halogens is 1. The van der Waals surface area contributed by atoms with Crippen LogP contribution in [0.4, 0.5) is 4.39 Å². The summed E-state index contributed by atoms with van der Waals surface area (Å²) in [5.74, 6) is -0.735. The Morgan fingerprint density at radius 2 is 1.88 bits per heavy atom. The number of nitrogens with zero attached hydrogens (tertiary/aromatic N) is 2. The van der Waals surface area contributed by atoms with Gasteiger partial charge in [0.15, 0.2) is 5.78 Å². The molecule has 0 aromatic heterocycles. The van der Waals surface area contributed by atoms with Crippen LogP contribution in [0, 0.1) is 17.1 Å². The molecule has 0 bridgehead atoms. The molecule has 0 saturated heterocycles. The minimum absolute atomic E-state index is 0.100. The van der Waals surface area contributed by atoms with E-state index >= 15 is 0 Å². The molecule has 25 heavy (non-hydrogen) atoms. The van der Waals surface area contributed by atoms with Gasteiger partial charge in [0.05, 0.1) is 17.4 Å². The first-order chi connectivity index (χ1) is 11.9. The lowest BCUT2D eigenvalue weighted by Gasteiger charge is -2.17. The largest absolute Gasteiger partial charge is 0.341 e. The monoisotopic (exact) mass is 356 g/mol. The molecule has 128 valence electrons. The molecular weight excluding hydrogens is 339 g/mol. The Morgan fingerprint density at radius 1 is 1.20 bits per heavy atom. The van der Waals surface area contributed by atoms with Gasteiger partial charge < -0.3 is 4.90 Å². The lowest BCUT2D eigenvalue weighted by Crippen LogP contribution is -2.27. The zero-order valence-corrected chi connectivity index (χ0v) is 14.8. The van der Waals surface area contributed by atoms with Gasteiger partial charge in [-0.2, -0.15) is 5.26 Å². The van der Waals surface area contributed by atoms with Crippen LogP contribution in [0.5, 0.6) is 0 Å². The normalized spacial score (nSPS) is 10.2. The number of carbonyl (C=O) groups is 2. The van der Waals surface area contributed by atoms with E-state index in [9.17, 15) is 14.0 Å². The first-order valence-corrected chi connectivity index (χ1v) is 8.55. The van der Waals surface area contributed by atoms with E-state index < -0.39 is 5.82 Å². The molecule has 0 radical (unpaired) electrons. The maximum Gasteiger partial charge on any atom is 0.232 e. The number of thioether (sulfide) groups is 1. The third-order valence-electron chi connectivity index (χ3n) is 3.62. The van der Waals surface area contributed by atoms with Crippen molar-refractivity contribution in [1.29, 1.82) is 5.26 Å². The summed E-state index contributed by atoms with van der Waals surface area (Å²) >= 11 is 1.10. The lowest BCUT2D eigenvalue weighted by molar-refractivity contribution is -0.127. The Labute approximate surface area is 150 Å². The SMILES string of the molecule is CC(=O)c1ccc(SCC(=O)N(C)Cc2ccc(C#N)cc2)c(F)c1. The van der Waals surface area contributed by atoms with Crippen molar-refractivity contribution in [2.24, 2.45) is 0 Å². The molecule has 6 heteroatoms. The van der Waals surface area contributed by atoms with Crippen LogP contribution >= 0.6 is 11.8 Å². The van der Waals surface area contributed by atoms with Gasteiger partial charge >= 0.3 is 0 Å². The second-order valence-corrected chi connectivity index (χ2v) is 6.57. The fourth-order valence-corrected chi connectivity index (χ4v) is 2.99. The number of ketones is 1. The maximum absolute atomic E-state index is 14.0. The van der Waals surface area contributed by atoms with E-state index in [4.69, 9.17) is 5.26 Å². The molecule has 2 rings (SSSR count). The van der Waals surface area contributed by atoms with Crippen molar-refractivity contribution in [2.45, 2.75) is 18.4 Å². The predicted molar refractivity (Wildman–Crippen MR) is 94.8 cm³/mol. The van der Waals surface area contributed by atoms with E-state index in [1.807, 2.05) is 6.07 Å². The fourth-order valence-electron chi connectivity index (χ4n) is 2.13. The van der Waals surface area contributed by atoms with Gasteiger partial charge in [-0.3, -0.25) is 9.59 Å². The highest BCUT2D eigenvalue weighted by molar-refractivity contribution is 8.00. The zero-order valence-electron chi connectivity index (χ0n) is 14.0. The van der Waals surface area contributed by atoms with E-state index in [0.717, 1.165) is 17.3 Å². The number of amides is 1. The smallest absolute Gasteiger partial charge is 0.232 e. The standard InChI is InChI=1S/C19H17FN2O2S/c1-13(23)16-7-8-18(17(20)9-16)25-12-19(24)22(2)11-15-5-3-14(10-21)4-6-15/h3-9H,11-12H2,1-2H3. The van der Waals surface area contributed by atoms with Crippen molar-refractivity contribution in [2.75, 3.05) is 12.8 Å². The van der Waals surface area contributed by atoms with Crippen molar-refractivity contribution >= 4 is 23.5 Å². The molecule has 0 fully saturated rings. The Hall–Kier alpha value is -2.65. The van der Waals surface area contributed by atoms with Gasteiger partial charge in [-0.15, -0.1) is 11.8 Å². The summed E-state index contributed by atoms with van der Waals surface area (Å²) in [4.78, 5) is 25.3. The first kappa shape index (κ1) is 18.7. The number of rotatable bonds is 6. The quantitative estimate of drug-likeness (QED) is 0.585. The number of Topliss-reactive ketones (excluding diaryl/α,β-unsaturated/α-hetero) is 1. The second kappa shape index (κ2) is 8.45. The molecule has 2 aromatic rings. The molecule has 0 heterocycles. The molecule has 0 aliphatic rings. The van der Waals surface area contributed by atoms with Crippen LogP contribution < -0.4 is 0 Å². The van der Waals surface area contributed by atoms with E-state index in [-0.39, 0.29) is 17.4 Å². The minimum atomic E-state index is -0.500. The van der Waals surface area contributed by atoms with E-state index in [1.54, 1.807) is 42.3 Å². The van der Waals surface area contributed by atoms with Crippen LogP contribution in [0.25, 0.3) is 0 Å². The summed E-state index contributed by atoms with van der Waals surface area (Å²) in [7, 11) is 1.68. The van der Waals surface area contributed by atoms with Crippen LogP contribution in [0.3, 0.4) is 0 Å². The van der Waals surface area contributed by atoms with E-state index in [2.05, 4.69) is 0 Å². The first-order valence-electron chi connectivity index (χ1n) is 7.57. The highest BCUT2D eigenvalue weighted by Gasteiger charge is 2.13. The van der Waals surface area contributed by atoms with Crippen molar-refractivity contribution in [3.8, 4) is 6.07 Å². The number of benzene rings is 2. The van der Waals surface area contributed by atoms with Gasteiger partial charge in [0.1, 0.15) is 5.82 Å². The summed E-state index contributed by atoms with van der Waals surface area (Å²) in [6.45, 7) is 1.79. The van der Waals surface area contributed by atoms with E-state index in [0.29, 0.717) is 22.6 Å². The van der Waals surface area contributed by atoms with Gasteiger partial charge in [-0.25, -0.2) is 4.39 Å². The number of nitriles is 1. The molecule has 0 atom stereocenters. The molecule has 0 spiro atoms. The van der Waals surface area contributed by atoms with Crippen molar-refractivity contribution in [3.63, 3.8) is 0 Å². The Balaban J connectivity index is 1.92. The predicted octanol–water partition coefficient (Wildman–Crippen LogP) is 3.65. The van der Waals surface area contributed by atoms with Gasteiger partial charge in [0.25, 0.3) is 0 Å². The van der Waals surface area contributed by atoms with Crippen LogP contribution in [0.15, 0.2) is 47.4 Å². The molecule has 4 nitrogen and oxygen atoms in total. The number of hydrogen-bond acceptors (Lipinski definition) is 4. The van der Waals surface area contributed by atoms with Gasteiger partial charge in [-0.1, -0.05) is 18.2 Å². The van der Waals surface area contributed by atoms with E-state index in [1.165, 1.54) is 19.1 Å². The number of hydrogen-bond donors (Lipinski definition) is 0. The summed E-state index contributed by atoms with van der Waals surface area (Å²) in [6, 6.07) is 13.3. The molecule has 1 amide bonds. The molecule has 0 N–H and O–H groups in total. The average Bonchev–Trinajstić information content (AvgIpc) is 2.60. The fraction of sp³-hybridized carbons (Fsp3) is 0.211. The Kier molecular flexibility index (Phi) is 6.31. The molecular formula is C19H17FN2O2S. The summed E-state index contributed by atoms with van der Waals surface area (Å²) in [5.41, 5.74) is 1.79. The molecule has 0 unspecified atom stereocenters. The topological polar surface area (TPSA) is 61.2 Å². The van der Waals surface area contributed by atoms with Crippen LogP contribution in [0.2, 0.25) is 0 Å². The van der Waals surface area contributed by atoms with Gasteiger partial charge in [-0.05, 0) is 36.8 Å². The summed E-state index contributed by atoms with van der Waals surface area (Å²) in [6.07, 6.45) is 0. The molecule has 0 saturated carbocycles. The molecule has 2 aromatic carbocycles. The second-order valence-electron chi connectivity index (χ2n) is 5.55. The van der Waals surface area contributed by atoms with Crippen molar-refractivity contribution in [1.82, 2.24) is 4.90 Å². The van der Waals surface area contributed by atoms with Crippen molar-refractivity contribution < 1.29 is 14.0 Å². The summed E-state index contributed by atoms with van der Waals surface area (Å²) in [5, 5.41) is 8.78. The van der Waals surface area contributed by atoms with Gasteiger partial charge in [0, 0.05) is 24.1 Å². The van der Waals surface area contributed by atoms with Crippen molar-refractivity contribution in [3.05, 3.63) is 65.0 Å². The summed E-state index contributed by atoms with van der Waals surface area (Å²) < 4.78 is 14.0. The Bertz CT molecular complexity index is 828. The third kappa shape index (κ3) is 5.16.